The molecule has 0 atom stereocenters. The van der Waals surface area contributed by atoms with Crippen molar-refractivity contribution in [1.29, 1.82) is 0 Å². The molecule has 0 spiro atoms. The molecule has 0 saturated carbocycles. The third-order valence-corrected chi connectivity index (χ3v) is 4.13. The van der Waals surface area contributed by atoms with Gasteiger partial charge in [0, 0.05) is 10.9 Å². The molecular weight excluding hydrogens is 308 g/mol. The van der Waals surface area contributed by atoms with E-state index < -0.39 is 6.03 Å². The van der Waals surface area contributed by atoms with Crippen LogP contribution in [0.5, 0.6) is 0 Å². The highest BCUT2D eigenvalue weighted by molar-refractivity contribution is 8.00. The zero-order chi connectivity index (χ0) is 15.5. The number of imide groups is 1. The molecule has 21 heavy (non-hydrogen) atoms. The highest BCUT2D eigenvalue weighted by atomic mass is 32.2. The minimum absolute atomic E-state index is 0.125. The summed E-state index contributed by atoms with van der Waals surface area (Å²) in [6.07, 6.45) is 1.48. The number of thiophene rings is 1. The first-order valence-corrected chi connectivity index (χ1v) is 8.15. The maximum atomic E-state index is 11.8. The van der Waals surface area contributed by atoms with Crippen molar-refractivity contribution in [2.24, 2.45) is 0 Å². The minimum atomic E-state index is -0.489. The monoisotopic (exact) mass is 324 g/mol. The number of fused-ring (bicyclic) bond motifs is 1. The summed E-state index contributed by atoms with van der Waals surface area (Å²) in [4.78, 5) is 32.5. The van der Waals surface area contributed by atoms with E-state index in [1.54, 1.807) is 0 Å². The first-order chi connectivity index (χ1) is 9.85. The SMILES string of the molecule is CC(C)(C)NC(=O)NC(=O)CSc1ncnc2sccc12. The van der Waals surface area contributed by atoms with Crippen LogP contribution in [0.3, 0.4) is 0 Å². The number of urea groups is 1. The van der Waals surface area contributed by atoms with E-state index in [1.165, 1.54) is 29.4 Å². The van der Waals surface area contributed by atoms with Crippen LogP contribution in [0.25, 0.3) is 10.2 Å². The second kappa shape index (κ2) is 6.40. The lowest BCUT2D eigenvalue weighted by atomic mass is 10.1. The lowest BCUT2D eigenvalue weighted by Gasteiger charge is -2.20. The van der Waals surface area contributed by atoms with E-state index in [4.69, 9.17) is 0 Å². The molecule has 0 saturated heterocycles. The molecule has 3 amide bonds. The Balaban J connectivity index is 1.90. The molecule has 2 aromatic heterocycles. The van der Waals surface area contributed by atoms with Gasteiger partial charge in [0.25, 0.3) is 0 Å². The quantitative estimate of drug-likeness (QED) is 0.669. The van der Waals surface area contributed by atoms with Gasteiger partial charge >= 0.3 is 6.03 Å². The van der Waals surface area contributed by atoms with Crippen molar-refractivity contribution in [3.05, 3.63) is 17.8 Å². The van der Waals surface area contributed by atoms with Gasteiger partial charge in [-0.05, 0) is 32.2 Å². The van der Waals surface area contributed by atoms with Crippen LogP contribution in [-0.2, 0) is 4.79 Å². The Morgan fingerprint density at radius 1 is 1.33 bits per heavy atom. The lowest BCUT2D eigenvalue weighted by molar-refractivity contribution is -0.117. The number of carbonyl (C=O) groups is 2. The van der Waals surface area contributed by atoms with Gasteiger partial charge in [0.2, 0.25) is 5.91 Å². The summed E-state index contributed by atoms with van der Waals surface area (Å²) in [6.45, 7) is 5.54. The molecule has 0 bridgehead atoms. The van der Waals surface area contributed by atoms with Crippen LogP contribution in [0.15, 0.2) is 22.8 Å². The largest absolute Gasteiger partial charge is 0.333 e. The third-order valence-electron chi connectivity index (χ3n) is 2.31. The van der Waals surface area contributed by atoms with Gasteiger partial charge < -0.3 is 5.32 Å². The first-order valence-electron chi connectivity index (χ1n) is 6.28. The summed E-state index contributed by atoms with van der Waals surface area (Å²) in [5.41, 5.74) is -0.382. The molecule has 6 nitrogen and oxygen atoms in total. The Kier molecular flexibility index (Phi) is 4.79. The Bertz CT molecular complexity index is 663. The molecular formula is C13H16N4O2S2. The van der Waals surface area contributed by atoms with Crippen molar-refractivity contribution in [1.82, 2.24) is 20.6 Å². The molecule has 0 aliphatic heterocycles. The molecule has 0 aliphatic rings. The molecule has 0 aromatic carbocycles. The van der Waals surface area contributed by atoms with E-state index in [0.29, 0.717) is 0 Å². The molecule has 2 aromatic rings. The van der Waals surface area contributed by atoms with E-state index in [0.717, 1.165) is 15.2 Å². The second-order valence-corrected chi connectivity index (χ2v) is 7.22. The molecule has 0 radical (unpaired) electrons. The smallest absolute Gasteiger partial charge is 0.321 e. The predicted molar refractivity (Wildman–Crippen MR) is 84.6 cm³/mol. The van der Waals surface area contributed by atoms with Crippen LogP contribution in [0.1, 0.15) is 20.8 Å². The number of thioether (sulfide) groups is 1. The zero-order valence-electron chi connectivity index (χ0n) is 12.0. The van der Waals surface area contributed by atoms with Gasteiger partial charge in [-0.2, -0.15) is 0 Å². The van der Waals surface area contributed by atoms with Crippen molar-refractivity contribution in [2.75, 3.05) is 5.75 Å². The normalized spacial score (nSPS) is 11.4. The molecule has 0 unspecified atom stereocenters. The number of aromatic nitrogens is 2. The van der Waals surface area contributed by atoms with Crippen LogP contribution in [0.2, 0.25) is 0 Å². The van der Waals surface area contributed by atoms with E-state index >= 15 is 0 Å². The highest BCUT2D eigenvalue weighted by Gasteiger charge is 2.16. The van der Waals surface area contributed by atoms with E-state index in [9.17, 15) is 9.59 Å². The van der Waals surface area contributed by atoms with Crippen molar-refractivity contribution in [3.8, 4) is 0 Å². The Hall–Kier alpha value is -1.67. The predicted octanol–water partition coefficient (Wildman–Crippen LogP) is 2.41. The van der Waals surface area contributed by atoms with Gasteiger partial charge in [-0.1, -0.05) is 11.8 Å². The highest BCUT2D eigenvalue weighted by Crippen LogP contribution is 2.27. The number of nitrogens with zero attached hydrogens (tertiary/aromatic N) is 2. The Labute approximate surface area is 130 Å². The average molecular weight is 324 g/mol. The maximum absolute atomic E-state index is 11.8. The van der Waals surface area contributed by atoms with Crippen molar-refractivity contribution >= 4 is 45.3 Å². The molecule has 8 heteroatoms. The van der Waals surface area contributed by atoms with E-state index in [-0.39, 0.29) is 17.2 Å². The van der Waals surface area contributed by atoms with Crippen LogP contribution in [-0.4, -0.2) is 33.2 Å². The zero-order valence-corrected chi connectivity index (χ0v) is 13.6. The summed E-state index contributed by atoms with van der Waals surface area (Å²) in [5.74, 6) is -0.233. The van der Waals surface area contributed by atoms with E-state index in [1.807, 2.05) is 32.2 Å². The summed E-state index contributed by atoms with van der Waals surface area (Å²) >= 11 is 2.81. The summed E-state index contributed by atoms with van der Waals surface area (Å²) in [5, 5.41) is 8.57. The number of carbonyl (C=O) groups excluding carboxylic acids is 2. The lowest BCUT2D eigenvalue weighted by Crippen LogP contribution is -2.48. The third kappa shape index (κ3) is 4.68. The fourth-order valence-corrected chi connectivity index (χ4v) is 3.13. The molecule has 0 fully saturated rings. The van der Waals surface area contributed by atoms with Gasteiger partial charge in [-0.25, -0.2) is 14.8 Å². The standard InChI is InChI=1S/C13H16N4O2S2/c1-13(2,3)17-12(19)16-9(18)6-21-11-8-4-5-20-10(8)14-7-15-11/h4-5,7H,6H2,1-3H3,(H2,16,17,18,19). The molecule has 2 N–H and O–H groups in total. The van der Waals surface area contributed by atoms with Gasteiger partial charge in [0.05, 0.1) is 5.75 Å². The van der Waals surface area contributed by atoms with Crippen molar-refractivity contribution in [3.63, 3.8) is 0 Å². The molecule has 112 valence electrons. The van der Waals surface area contributed by atoms with E-state index in [2.05, 4.69) is 20.6 Å². The topological polar surface area (TPSA) is 84.0 Å². The van der Waals surface area contributed by atoms with Crippen LogP contribution in [0.4, 0.5) is 4.79 Å². The number of hydrogen-bond acceptors (Lipinski definition) is 6. The Morgan fingerprint density at radius 2 is 2.10 bits per heavy atom. The Morgan fingerprint density at radius 3 is 2.81 bits per heavy atom. The van der Waals surface area contributed by atoms with Crippen LogP contribution in [0, 0.1) is 0 Å². The van der Waals surface area contributed by atoms with Gasteiger partial charge in [-0.3, -0.25) is 10.1 Å². The van der Waals surface area contributed by atoms with Gasteiger partial charge in [0.15, 0.2) is 0 Å². The number of nitrogens with one attached hydrogen (secondary N) is 2. The number of rotatable bonds is 3. The van der Waals surface area contributed by atoms with Gasteiger partial charge in [0.1, 0.15) is 16.2 Å². The molecule has 2 rings (SSSR count). The fraction of sp³-hybridized carbons (Fsp3) is 0.385. The number of hydrogen-bond donors (Lipinski definition) is 2. The minimum Gasteiger partial charge on any atom is -0.333 e. The first kappa shape index (κ1) is 15.7. The van der Waals surface area contributed by atoms with Crippen LogP contribution >= 0.6 is 23.1 Å². The maximum Gasteiger partial charge on any atom is 0.321 e. The summed E-state index contributed by atoms with van der Waals surface area (Å²) < 4.78 is 0. The molecule has 0 aliphatic carbocycles. The second-order valence-electron chi connectivity index (χ2n) is 5.36. The fourth-order valence-electron chi connectivity index (χ4n) is 1.55. The van der Waals surface area contributed by atoms with Crippen molar-refractivity contribution < 1.29 is 9.59 Å². The van der Waals surface area contributed by atoms with Crippen molar-refractivity contribution in [2.45, 2.75) is 31.3 Å². The average Bonchev–Trinajstić information content (AvgIpc) is 2.82. The van der Waals surface area contributed by atoms with Gasteiger partial charge in [-0.15, -0.1) is 11.3 Å². The van der Waals surface area contributed by atoms with Crippen LogP contribution < -0.4 is 10.6 Å². The molecule has 2 heterocycles. The summed E-state index contributed by atoms with van der Waals surface area (Å²) in [7, 11) is 0. The summed E-state index contributed by atoms with van der Waals surface area (Å²) in [6, 6.07) is 1.43. The number of amides is 3.